The van der Waals surface area contributed by atoms with Crippen LogP contribution < -0.4 is 11.3 Å². The number of benzene rings is 1. The van der Waals surface area contributed by atoms with Crippen molar-refractivity contribution in [2.45, 2.75) is 6.10 Å². The van der Waals surface area contributed by atoms with Crippen LogP contribution >= 0.6 is 0 Å². The van der Waals surface area contributed by atoms with E-state index in [2.05, 4.69) is 5.43 Å². The lowest BCUT2D eigenvalue weighted by Crippen LogP contribution is -2.13. The van der Waals surface area contributed by atoms with Gasteiger partial charge in [0.1, 0.15) is 5.69 Å². The van der Waals surface area contributed by atoms with Gasteiger partial charge in [-0.25, -0.2) is 4.79 Å². The number of nitrogens with zero attached hydrogens (tertiary/aromatic N) is 1. The summed E-state index contributed by atoms with van der Waals surface area (Å²) in [5.74, 6) is 3.56. The van der Waals surface area contributed by atoms with E-state index in [1.165, 1.54) is 12.1 Å². The first-order valence-electron chi connectivity index (χ1n) is 4.13. The van der Waals surface area contributed by atoms with Crippen molar-refractivity contribution < 1.29 is 19.9 Å². The van der Waals surface area contributed by atoms with E-state index < -0.39 is 22.7 Å². The fourth-order valence-corrected chi connectivity index (χ4v) is 1.13. The normalized spacial score (nSPS) is 11.9. The van der Waals surface area contributed by atoms with Gasteiger partial charge in [0.05, 0.1) is 4.92 Å². The number of nitrogen functional groups attached to an aromatic ring is 1. The number of nitrogens with two attached hydrogens (primary N) is 1. The molecule has 0 saturated carbocycles. The van der Waals surface area contributed by atoms with Gasteiger partial charge in [0.2, 0.25) is 0 Å². The van der Waals surface area contributed by atoms with Crippen LogP contribution in [0, 0.1) is 10.1 Å². The maximum atomic E-state index is 10.6. The smallest absolute Gasteiger partial charge is 0.337 e. The van der Waals surface area contributed by atoms with Crippen LogP contribution in [0.4, 0.5) is 11.4 Å². The van der Waals surface area contributed by atoms with Crippen LogP contribution in [0.5, 0.6) is 0 Å². The Kier molecular flexibility index (Phi) is 3.38. The summed E-state index contributed by atoms with van der Waals surface area (Å²) in [4.78, 5) is 20.4. The van der Waals surface area contributed by atoms with Crippen LogP contribution in [-0.4, -0.2) is 21.1 Å². The molecule has 1 aromatic carbocycles. The van der Waals surface area contributed by atoms with E-state index in [4.69, 9.17) is 10.9 Å². The highest BCUT2D eigenvalue weighted by atomic mass is 16.6. The fraction of sp³-hybridized carbons (Fsp3) is 0.125. The molecule has 0 aliphatic rings. The molecular weight excluding hydrogens is 218 g/mol. The first-order chi connectivity index (χ1) is 7.47. The van der Waals surface area contributed by atoms with Gasteiger partial charge in [-0.05, 0) is 11.6 Å². The molecule has 1 unspecified atom stereocenters. The number of carboxylic acid groups (broad SMARTS) is 1. The number of hydrogen-bond acceptors (Lipinski definition) is 6. The molecule has 8 nitrogen and oxygen atoms in total. The van der Waals surface area contributed by atoms with Crippen molar-refractivity contribution in [2.24, 2.45) is 5.84 Å². The van der Waals surface area contributed by atoms with Gasteiger partial charge in [0.25, 0.3) is 5.69 Å². The number of aliphatic carboxylic acids is 1. The molecule has 1 aromatic rings. The number of aliphatic hydroxyl groups is 1. The van der Waals surface area contributed by atoms with Crippen LogP contribution in [0.15, 0.2) is 18.2 Å². The Balaban J connectivity index is 3.21. The Morgan fingerprint density at radius 1 is 1.56 bits per heavy atom. The number of nitro groups is 1. The molecule has 0 amide bonds. The molecule has 5 N–H and O–H groups in total. The lowest BCUT2D eigenvalue weighted by atomic mass is 10.1. The molecule has 0 saturated heterocycles. The highest BCUT2D eigenvalue weighted by Gasteiger charge is 2.21. The zero-order valence-corrected chi connectivity index (χ0v) is 7.95. The molecule has 0 radical (unpaired) electrons. The third-order valence-electron chi connectivity index (χ3n) is 1.92. The Morgan fingerprint density at radius 2 is 2.19 bits per heavy atom. The third kappa shape index (κ3) is 2.24. The maximum absolute atomic E-state index is 10.6. The van der Waals surface area contributed by atoms with Crippen molar-refractivity contribution in [1.82, 2.24) is 0 Å². The Bertz CT molecular complexity index is 434. The molecule has 1 rings (SSSR count). The highest BCUT2D eigenvalue weighted by molar-refractivity contribution is 5.75. The van der Waals surface area contributed by atoms with E-state index in [-0.39, 0.29) is 11.3 Å². The molecule has 0 bridgehead atoms. The molecule has 0 aliphatic carbocycles. The molecule has 16 heavy (non-hydrogen) atoms. The summed E-state index contributed by atoms with van der Waals surface area (Å²) in [6.07, 6.45) is -1.80. The van der Waals surface area contributed by atoms with Crippen molar-refractivity contribution in [2.75, 3.05) is 5.43 Å². The number of carbonyl (C=O) groups is 1. The fourth-order valence-electron chi connectivity index (χ4n) is 1.13. The summed E-state index contributed by atoms with van der Waals surface area (Å²) in [5, 5.41) is 28.3. The summed E-state index contributed by atoms with van der Waals surface area (Å²) >= 11 is 0. The predicted octanol–water partition coefficient (Wildman–Crippen LogP) is -0.00160. The topological polar surface area (TPSA) is 139 Å². The molecule has 1 atom stereocenters. The molecule has 86 valence electrons. The lowest BCUT2D eigenvalue weighted by molar-refractivity contribution is -0.384. The van der Waals surface area contributed by atoms with Gasteiger partial charge in [-0.3, -0.25) is 16.0 Å². The number of nitro benzene ring substituents is 1. The van der Waals surface area contributed by atoms with Crippen LogP contribution in [0.2, 0.25) is 0 Å². The van der Waals surface area contributed by atoms with Crippen molar-refractivity contribution in [3.63, 3.8) is 0 Å². The average molecular weight is 227 g/mol. The first-order valence-corrected chi connectivity index (χ1v) is 4.13. The molecule has 0 aliphatic heterocycles. The summed E-state index contributed by atoms with van der Waals surface area (Å²) in [7, 11) is 0. The van der Waals surface area contributed by atoms with Crippen molar-refractivity contribution in [3.05, 3.63) is 33.9 Å². The van der Waals surface area contributed by atoms with E-state index >= 15 is 0 Å². The van der Waals surface area contributed by atoms with Crippen molar-refractivity contribution in [3.8, 4) is 0 Å². The monoisotopic (exact) mass is 227 g/mol. The van der Waals surface area contributed by atoms with Gasteiger partial charge >= 0.3 is 5.97 Å². The number of carboxylic acids is 1. The average Bonchev–Trinajstić information content (AvgIpc) is 2.26. The maximum Gasteiger partial charge on any atom is 0.337 e. The minimum atomic E-state index is -1.80. The van der Waals surface area contributed by atoms with Gasteiger partial charge < -0.3 is 15.6 Å². The summed E-state index contributed by atoms with van der Waals surface area (Å²) < 4.78 is 0. The summed E-state index contributed by atoms with van der Waals surface area (Å²) in [6, 6.07) is 3.41. The summed E-state index contributed by atoms with van der Waals surface area (Å²) in [6.45, 7) is 0. The Hall–Kier alpha value is -2.19. The third-order valence-corrected chi connectivity index (χ3v) is 1.92. The minimum absolute atomic E-state index is 0.0336. The number of rotatable bonds is 4. The van der Waals surface area contributed by atoms with Gasteiger partial charge in [-0.2, -0.15) is 0 Å². The Labute approximate surface area is 89.4 Å². The zero-order valence-electron chi connectivity index (χ0n) is 7.95. The largest absolute Gasteiger partial charge is 0.479 e. The first kappa shape index (κ1) is 11.9. The van der Waals surface area contributed by atoms with Crippen molar-refractivity contribution in [1.29, 1.82) is 0 Å². The SMILES string of the molecule is NNc1ccc(C(O)C(=O)O)cc1[N+](=O)[O-]. The van der Waals surface area contributed by atoms with Crippen molar-refractivity contribution >= 4 is 17.3 Å². The van der Waals surface area contributed by atoms with Crippen LogP contribution in [-0.2, 0) is 4.79 Å². The predicted molar refractivity (Wildman–Crippen MR) is 53.5 cm³/mol. The molecular formula is C8H9N3O5. The number of hydrogen-bond donors (Lipinski definition) is 4. The van der Waals surface area contributed by atoms with E-state index in [1.807, 2.05) is 0 Å². The van der Waals surface area contributed by atoms with E-state index in [9.17, 15) is 20.0 Å². The molecule has 8 heteroatoms. The van der Waals surface area contributed by atoms with Gasteiger partial charge in [0, 0.05) is 6.07 Å². The van der Waals surface area contributed by atoms with E-state index in [0.29, 0.717) is 0 Å². The molecule has 0 fully saturated rings. The highest BCUT2D eigenvalue weighted by Crippen LogP contribution is 2.27. The van der Waals surface area contributed by atoms with Crippen LogP contribution in [0.3, 0.4) is 0 Å². The minimum Gasteiger partial charge on any atom is -0.479 e. The number of hydrazine groups is 1. The number of anilines is 1. The second-order valence-corrected chi connectivity index (χ2v) is 2.92. The second-order valence-electron chi connectivity index (χ2n) is 2.92. The van der Waals surface area contributed by atoms with Crippen LogP contribution in [0.25, 0.3) is 0 Å². The summed E-state index contributed by atoms with van der Waals surface area (Å²) in [5.41, 5.74) is 1.65. The lowest BCUT2D eigenvalue weighted by Gasteiger charge is -2.07. The number of aliphatic hydroxyl groups excluding tert-OH is 1. The Morgan fingerprint density at radius 3 is 2.62 bits per heavy atom. The van der Waals surface area contributed by atoms with E-state index in [1.54, 1.807) is 0 Å². The van der Waals surface area contributed by atoms with Crippen LogP contribution in [0.1, 0.15) is 11.7 Å². The van der Waals surface area contributed by atoms with Gasteiger partial charge in [0.15, 0.2) is 6.10 Å². The molecule has 0 aromatic heterocycles. The number of nitrogens with one attached hydrogen (secondary N) is 1. The standard InChI is InChI=1S/C8H9N3O5/c9-10-5-2-1-4(7(12)8(13)14)3-6(5)11(15)16/h1-3,7,10,12H,9H2,(H,13,14). The molecule has 0 heterocycles. The van der Waals surface area contributed by atoms with Gasteiger partial charge in [-0.15, -0.1) is 0 Å². The van der Waals surface area contributed by atoms with Gasteiger partial charge in [-0.1, -0.05) is 6.07 Å². The second kappa shape index (κ2) is 4.55. The zero-order chi connectivity index (χ0) is 12.3. The quantitative estimate of drug-likeness (QED) is 0.322. The molecule has 0 spiro atoms. The van der Waals surface area contributed by atoms with E-state index in [0.717, 1.165) is 6.07 Å².